The number of hydrogen-bond acceptors (Lipinski definition) is 6. The maximum absolute atomic E-state index is 12.9. The molecule has 3 aromatic carbocycles. The van der Waals surface area contributed by atoms with Gasteiger partial charge in [0.25, 0.3) is 11.1 Å². The fraction of sp³-hybridized carbons (Fsp3) is 0.115. The van der Waals surface area contributed by atoms with E-state index in [1.165, 1.54) is 7.11 Å². The summed E-state index contributed by atoms with van der Waals surface area (Å²) in [5.74, 6) is -0.208. The summed E-state index contributed by atoms with van der Waals surface area (Å²) in [6.45, 7) is -0.238. The van der Waals surface area contributed by atoms with Crippen molar-refractivity contribution in [3.8, 4) is 11.5 Å². The lowest BCUT2D eigenvalue weighted by atomic mass is 10.1. The predicted octanol–water partition coefficient (Wildman–Crippen LogP) is 7.67. The Morgan fingerprint density at radius 3 is 2.53 bits per heavy atom. The van der Waals surface area contributed by atoms with Gasteiger partial charge >= 0.3 is 0 Å². The first-order valence-electron chi connectivity index (χ1n) is 10.9. The van der Waals surface area contributed by atoms with Crippen LogP contribution in [-0.4, -0.2) is 35.6 Å². The average Bonchev–Trinajstić information content (AvgIpc) is 3.13. The van der Waals surface area contributed by atoms with Crippen LogP contribution >= 0.6 is 62.5 Å². The number of rotatable bonds is 8. The molecule has 1 heterocycles. The van der Waals surface area contributed by atoms with E-state index in [0.717, 1.165) is 22.2 Å². The Labute approximate surface area is 246 Å². The van der Waals surface area contributed by atoms with E-state index in [0.29, 0.717) is 42.3 Å². The predicted molar refractivity (Wildman–Crippen MR) is 154 cm³/mol. The summed E-state index contributed by atoms with van der Waals surface area (Å²) >= 11 is 22.2. The molecular formula is C26H18BrCl3N2O5S. The zero-order valence-corrected chi connectivity index (χ0v) is 24.3. The molecule has 0 aromatic heterocycles. The average molecular weight is 657 g/mol. The molecule has 0 aliphatic carbocycles. The number of carbonyl (C=O) groups excluding carboxylic acids is 3. The van der Waals surface area contributed by atoms with Crippen LogP contribution in [0.5, 0.6) is 11.5 Å². The second-order valence-electron chi connectivity index (χ2n) is 7.88. The van der Waals surface area contributed by atoms with Gasteiger partial charge in [-0.2, -0.15) is 0 Å². The van der Waals surface area contributed by atoms with Gasteiger partial charge in [-0.15, -0.1) is 0 Å². The zero-order valence-electron chi connectivity index (χ0n) is 19.6. The topological polar surface area (TPSA) is 84.9 Å². The molecule has 1 N–H and O–H groups in total. The SMILES string of the molecule is COc1cc(/C=C2/SC(=O)N(CC(=O)Nc3ccc(Br)c(Cl)c3)C2=O)ccc1OCc1ccc(Cl)cc1Cl. The van der Waals surface area contributed by atoms with Crippen molar-refractivity contribution in [2.45, 2.75) is 6.61 Å². The van der Waals surface area contributed by atoms with Crippen LogP contribution in [0.2, 0.25) is 15.1 Å². The minimum absolute atomic E-state index is 0.179. The van der Waals surface area contributed by atoms with Crippen LogP contribution in [0, 0.1) is 0 Å². The van der Waals surface area contributed by atoms with Gasteiger partial charge in [-0.3, -0.25) is 19.3 Å². The first-order valence-corrected chi connectivity index (χ1v) is 13.6. The number of hydrogen-bond donors (Lipinski definition) is 1. The molecule has 1 fully saturated rings. The third-order valence-corrected chi connectivity index (χ3v) is 7.99. The van der Waals surface area contributed by atoms with Gasteiger partial charge in [-0.1, -0.05) is 46.9 Å². The number of thioether (sulfide) groups is 1. The van der Waals surface area contributed by atoms with Crippen LogP contribution in [-0.2, 0) is 16.2 Å². The minimum Gasteiger partial charge on any atom is -0.493 e. The molecule has 0 spiro atoms. The highest BCUT2D eigenvalue weighted by Crippen LogP contribution is 2.35. The molecule has 1 saturated heterocycles. The van der Waals surface area contributed by atoms with Crippen LogP contribution in [0.4, 0.5) is 10.5 Å². The number of nitrogens with zero attached hydrogens (tertiary/aromatic N) is 1. The number of imide groups is 1. The Morgan fingerprint density at radius 2 is 1.82 bits per heavy atom. The summed E-state index contributed by atoms with van der Waals surface area (Å²) in [6, 6.07) is 15.1. The molecular weight excluding hydrogens is 639 g/mol. The number of nitrogens with one attached hydrogen (secondary N) is 1. The molecule has 1 aliphatic heterocycles. The number of carbonyl (C=O) groups is 3. The molecule has 0 saturated carbocycles. The number of benzene rings is 3. The monoisotopic (exact) mass is 654 g/mol. The van der Waals surface area contributed by atoms with Crippen molar-refractivity contribution in [2.75, 3.05) is 19.0 Å². The summed E-state index contributed by atoms with van der Waals surface area (Å²) in [6.07, 6.45) is 1.56. The molecule has 1 aliphatic rings. The second-order valence-corrected chi connectivity index (χ2v) is 11.0. The molecule has 12 heteroatoms. The molecule has 0 radical (unpaired) electrons. The zero-order chi connectivity index (χ0) is 27.4. The molecule has 196 valence electrons. The van der Waals surface area contributed by atoms with Crippen LogP contribution in [0.15, 0.2) is 64.0 Å². The maximum Gasteiger partial charge on any atom is 0.294 e. The van der Waals surface area contributed by atoms with Gasteiger partial charge in [0.1, 0.15) is 13.2 Å². The van der Waals surface area contributed by atoms with Crippen molar-refractivity contribution in [1.82, 2.24) is 4.90 Å². The van der Waals surface area contributed by atoms with E-state index in [1.807, 2.05) is 0 Å². The third kappa shape index (κ3) is 6.84. The van der Waals surface area contributed by atoms with Gasteiger partial charge in [0, 0.05) is 25.8 Å². The highest BCUT2D eigenvalue weighted by Gasteiger charge is 2.36. The Kier molecular flexibility index (Phi) is 9.27. The van der Waals surface area contributed by atoms with Crippen molar-refractivity contribution in [3.05, 3.63) is 90.2 Å². The highest BCUT2D eigenvalue weighted by molar-refractivity contribution is 9.10. The van der Waals surface area contributed by atoms with Crippen LogP contribution < -0.4 is 14.8 Å². The van der Waals surface area contributed by atoms with Gasteiger partial charge in [0.05, 0.1) is 17.0 Å². The third-order valence-electron chi connectivity index (χ3n) is 5.26. The van der Waals surface area contributed by atoms with Crippen molar-refractivity contribution in [3.63, 3.8) is 0 Å². The van der Waals surface area contributed by atoms with Crippen molar-refractivity contribution >= 4 is 91.3 Å². The normalized spacial score (nSPS) is 14.2. The summed E-state index contributed by atoms with van der Waals surface area (Å²) in [5, 5.41) is 3.51. The molecule has 0 atom stereocenters. The van der Waals surface area contributed by atoms with E-state index in [9.17, 15) is 14.4 Å². The lowest BCUT2D eigenvalue weighted by molar-refractivity contribution is -0.127. The summed E-state index contributed by atoms with van der Waals surface area (Å²) in [4.78, 5) is 38.9. The number of amides is 3. The lowest BCUT2D eigenvalue weighted by Gasteiger charge is -2.13. The first-order chi connectivity index (χ1) is 18.1. The van der Waals surface area contributed by atoms with Gasteiger partial charge in [-0.05, 0) is 81.8 Å². The van der Waals surface area contributed by atoms with Crippen molar-refractivity contribution in [2.24, 2.45) is 0 Å². The van der Waals surface area contributed by atoms with Crippen LogP contribution in [0.3, 0.4) is 0 Å². The van der Waals surface area contributed by atoms with E-state index >= 15 is 0 Å². The van der Waals surface area contributed by atoms with Gasteiger partial charge in [0.2, 0.25) is 5.91 Å². The van der Waals surface area contributed by atoms with E-state index in [2.05, 4.69) is 21.2 Å². The Morgan fingerprint density at radius 1 is 1.03 bits per heavy atom. The van der Waals surface area contributed by atoms with Crippen molar-refractivity contribution in [1.29, 1.82) is 0 Å². The molecule has 38 heavy (non-hydrogen) atoms. The smallest absolute Gasteiger partial charge is 0.294 e. The van der Waals surface area contributed by atoms with E-state index in [4.69, 9.17) is 44.3 Å². The molecule has 0 unspecified atom stereocenters. The number of anilines is 1. The van der Waals surface area contributed by atoms with E-state index in [-0.39, 0.29) is 11.5 Å². The lowest BCUT2D eigenvalue weighted by Crippen LogP contribution is -2.36. The van der Waals surface area contributed by atoms with Gasteiger partial charge in [0.15, 0.2) is 11.5 Å². The standard InChI is InChI=1S/C26H18BrCl3N2O5S/c1-36-22-8-14(2-7-21(22)37-13-15-3-4-16(28)10-19(15)29)9-23-25(34)32(26(35)38-23)12-24(33)31-17-5-6-18(27)20(30)11-17/h2-11H,12-13H2,1H3,(H,31,33)/b23-9+. The van der Waals surface area contributed by atoms with E-state index < -0.39 is 23.6 Å². The van der Waals surface area contributed by atoms with Gasteiger partial charge in [-0.25, -0.2) is 0 Å². The Hall–Kier alpha value is -2.69. The minimum atomic E-state index is -0.569. The van der Waals surface area contributed by atoms with Gasteiger partial charge < -0.3 is 14.8 Å². The summed E-state index contributed by atoms with van der Waals surface area (Å²) < 4.78 is 12.0. The molecule has 3 amide bonds. The number of methoxy groups -OCH3 is 1. The Bertz CT molecular complexity index is 1470. The van der Waals surface area contributed by atoms with Crippen molar-refractivity contribution < 1.29 is 23.9 Å². The first kappa shape index (κ1) is 28.3. The molecule has 3 aromatic rings. The quantitative estimate of drug-likeness (QED) is 0.251. The summed E-state index contributed by atoms with van der Waals surface area (Å²) in [5.41, 5.74) is 1.81. The maximum atomic E-state index is 12.9. The largest absolute Gasteiger partial charge is 0.493 e. The summed E-state index contributed by atoms with van der Waals surface area (Å²) in [7, 11) is 1.49. The highest BCUT2D eigenvalue weighted by atomic mass is 79.9. The Balaban J connectivity index is 1.43. The molecule has 0 bridgehead atoms. The fourth-order valence-electron chi connectivity index (χ4n) is 3.39. The van der Waals surface area contributed by atoms with Crippen LogP contribution in [0.25, 0.3) is 6.08 Å². The second kappa shape index (κ2) is 12.4. The molecule has 7 nitrogen and oxygen atoms in total. The molecule has 4 rings (SSSR count). The fourth-order valence-corrected chi connectivity index (χ4v) is 5.12. The van der Waals surface area contributed by atoms with E-state index in [1.54, 1.807) is 60.7 Å². The van der Waals surface area contributed by atoms with Crippen LogP contribution in [0.1, 0.15) is 11.1 Å². The number of ether oxygens (including phenoxy) is 2. The number of halogens is 4.